The molecule has 168 valence electrons. The molecule has 0 aromatic heterocycles. The second-order valence-electron chi connectivity index (χ2n) is 6.64. The third kappa shape index (κ3) is 5.58. The number of hydrogen-bond acceptors (Lipinski definition) is 5. The van der Waals surface area contributed by atoms with E-state index in [1.54, 1.807) is 31.2 Å². The van der Waals surface area contributed by atoms with E-state index in [0.717, 1.165) is 17.7 Å². The van der Waals surface area contributed by atoms with Crippen molar-refractivity contribution >= 4 is 21.9 Å². The molecule has 0 saturated carbocycles. The van der Waals surface area contributed by atoms with Gasteiger partial charge >= 0.3 is 21.7 Å². The van der Waals surface area contributed by atoms with Gasteiger partial charge in [-0.3, -0.25) is 5.32 Å². The van der Waals surface area contributed by atoms with E-state index < -0.39 is 33.6 Å². The molecule has 10 heteroatoms. The third-order valence-corrected chi connectivity index (χ3v) is 5.35. The van der Waals surface area contributed by atoms with Crippen LogP contribution in [0, 0.1) is 0 Å². The van der Waals surface area contributed by atoms with Gasteiger partial charge in [-0.05, 0) is 36.2 Å². The van der Waals surface area contributed by atoms with E-state index in [9.17, 15) is 26.4 Å². The molecule has 0 aliphatic carbocycles. The largest absolute Gasteiger partial charge is 0.534 e. The summed E-state index contributed by atoms with van der Waals surface area (Å²) in [6.45, 7) is 1.73. The topological polar surface area (TPSA) is 81.7 Å². The number of anilines is 1. The lowest BCUT2D eigenvalue weighted by atomic mass is 10.0. The smallest absolute Gasteiger partial charge is 0.441 e. The van der Waals surface area contributed by atoms with Gasteiger partial charge in [0.05, 0.1) is 5.69 Å². The monoisotopic (exact) mass is 465 g/mol. The van der Waals surface area contributed by atoms with Crippen molar-refractivity contribution in [2.75, 3.05) is 5.32 Å². The van der Waals surface area contributed by atoms with Crippen LogP contribution < -0.4 is 9.50 Å². The highest BCUT2D eigenvalue weighted by molar-refractivity contribution is 7.88. The number of hydrogen-bond donors (Lipinski definition) is 1. The summed E-state index contributed by atoms with van der Waals surface area (Å²) in [6, 6.07) is 20.8. The number of benzene rings is 3. The van der Waals surface area contributed by atoms with Crippen LogP contribution in [0.2, 0.25) is 0 Å². The van der Waals surface area contributed by atoms with Gasteiger partial charge in [-0.15, -0.1) is 0 Å². The van der Waals surface area contributed by atoms with Crippen molar-refractivity contribution in [1.29, 1.82) is 0 Å². The fraction of sp³-hybridized carbons (Fsp3) is 0.136. The van der Waals surface area contributed by atoms with Gasteiger partial charge in [0.1, 0.15) is 11.9 Å². The second-order valence-corrected chi connectivity index (χ2v) is 8.17. The number of nitrogens with one attached hydrogen (secondary N) is 1. The zero-order chi connectivity index (χ0) is 23.4. The van der Waals surface area contributed by atoms with Crippen molar-refractivity contribution in [2.45, 2.75) is 18.5 Å². The Morgan fingerprint density at radius 3 is 2.12 bits per heavy atom. The Hall–Kier alpha value is -3.53. The molecule has 1 atom stereocenters. The maximum Gasteiger partial charge on any atom is 0.534 e. The molecule has 0 radical (unpaired) electrons. The molecule has 3 aromatic carbocycles. The van der Waals surface area contributed by atoms with E-state index in [1.807, 2.05) is 30.3 Å². The first-order valence-electron chi connectivity index (χ1n) is 9.29. The van der Waals surface area contributed by atoms with Crippen LogP contribution in [0.25, 0.3) is 11.1 Å². The molecule has 0 aliphatic rings. The van der Waals surface area contributed by atoms with Crippen molar-refractivity contribution in [1.82, 2.24) is 0 Å². The molecule has 3 rings (SSSR count). The number of halogens is 3. The summed E-state index contributed by atoms with van der Waals surface area (Å²) in [5.74, 6) is -0.493. The first-order chi connectivity index (χ1) is 15.1. The molecule has 0 unspecified atom stereocenters. The van der Waals surface area contributed by atoms with Crippen LogP contribution in [-0.2, 0) is 14.9 Å². The quantitative estimate of drug-likeness (QED) is 0.363. The first kappa shape index (κ1) is 23.1. The first-order valence-corrected chi connectivity index (χ1v) is 10.7. The Labute approximate surface area is 182 Å². The van der Waals surface area contributed by atoms with E-state index in [4.69, 9.17) is 4.74 Å². The normalized spacial score (nSPS) is 12.6. The molecular weight excluding hydrogens is 447 g/mol. The Morgan fingerprint density at radius 1 is 0.906 bits per heavy atom. The molecule has 0 saturated heterocycles. The number of ether oxygens (including phenoxy) is 1. The standard InChI is InChI=1S/C22H18F3NO5S/c1-15(16-7-3-2-4-8-16)30-21(27)26-20-10-6-5-9-19(20)17-11-13-18(14-12-17)31-32(28,29)22(23,24)25/h2-15H,1H3,(H,26,27)/t15-/m1/s1. The summed E-state index contributed by atoms with van der Waals surface area (Å²) < 4.78 is 69.2. The lowest BCUT2D eigenvalue weighted by molar-refractivity contribution is -0.0500. The highest BCUT2D eigenvalue weighted by Gasteiger charge is 2.48. The molecular formula is C22H18F3NO5S. The number of alkyl halides is 3. The molecule has 0 heterocycles. The molecule has 0 fully saturated rings. The summed E-state index contributed by atoms with van der Waals surface area (Å²) in [5, 5.41) is 2.65. The fourth-order valence-electron chi connectivity index (χ4n) is 2.80. The van der Waals surface area contributed by atoms with E-state index >= 15 is 0 Å². The molecule has 3 aromatic rings. The van der Waals surface area contributed by atoms with Gasteiger partial charge in [-0.1, -0.05) is 60.7 Å². The fourth-order valence-corrected chi connectivity index (χ4v) is 3.26. The van der Waals surface area contributed by atoms with Crippen molar-refractivity contribution in [3.05, 3.63) is 84.4 Å². The number of para-hydroxylation sites is 1. The number of rotatable bonds is 6. The van der Waals surface area contributed by atoms with Gasteiger partial charge in [0.2, 0.25) is 0 Å². The van der Waals surface area contributed by atoms with E-state index in [2.05, 4.69) is 9.50 Å². The number of carbonyl (C=O) groups is 1. The molecule has 0 aliphatic heterocycles. The van der Waals surface area contributed by atoms with E-state index in [-0.39, 0.29) is 0 Å². The predicted octanol–water partition coefficient (Wildman–Crippen LogP) is 5.89. The van der Waals surface area contributed by atoms with Crippen molar-refractivity contribution in [3.63, 3.8) is 0 Å². The number of amides is 1. The maximum absolute atomic E-state index is 12.5. The lowest BCUT2D eigenvalue weighted by Gasteiger charge is -2.16. The SMILES string of the molecule is C[C@@H](OC(=O)Nc1ccccc1-c1ccc(OS(=O)(=O)C(F)(F)F)cc1)c1ccccc1. The highest BCUT2D eigenvalue weighted by Crippen LogP contribution is 2.32. The minimum absolute atomic E-state index is 0.398. The van der Waals surface area contributed by atoms with Gasteiger partial charge in [0, 0.05) is 5.56 Å². The van der Waals surface area contributed by atoms with Crippen LogP contribution in [0.5, 0.6) is 5.75 Å². The molecule has 1 N–H and O–H groups in total. The lowest BCUT2D eigenvalue weighted by Crippen LogP contribution is -2.28. The summed E-state index contributed by atoms with van der Waals surface area (Å²) in [7, 11) is -5.76. The zero-order valence-corrected chi connectivity index (χ0v) is 17.5. The second kappa shape index (κ2) is 9.31. The molecule has 6 nitrogen and oxygen atoms in total. The molecule has 32 heavy (non-hydrogen) atoms. The Balaban J connectivity index is 1.74. The Kier molecular flexibility index (Phi) is 6.73. The van der Waals surface area contributed by atoms with Gasteiger partial charge < -0.3 is 8.92 Å². The van der Waals surface area contributed by atoms with Gasteiger partial charge in [-0.2, -0.15) is 21.6 Å². The van der Waals surface area contributed by atoms with Crippen LogP contribution in [0.15, 0.2) is 78.9 Å². The van der Waals surface area contributed by atoms with Gasteiger partial charge in [-0.25, -0.2) is 4.79 Å². The summed E-state index contributed by atoms with van der Waals surface area (Å²) in [5.41, 5.74) is -3.26. The molecule has 1 amide bonds. The van der Waals surface area contributed by atoms with E-state index in [0.29, 0.717) is 16.8 Å². The minimum atomic E-state index is -5.76. The van der Waals surface area contributed by atoms with Crippen LogP contribution in [-0.4, -0.2) is 20.0 Å². The summed E-state index contributed by atoms with van der Waals surface area (Å²) in [6.07, 6.45) is -1.18. The highest BCUT2D eigenvalue weighted by atomic mass is 32.2. The number of carbonyl (C=O) groups excluding carboxylic acids is 1. The molecule has 0 bridgehead atoms. The van der Waals surface area contributed by atoms with Crippen LogP contribution in [0.1, 0.15) is 18.6 Å². The summed E-state index contributed by atoms with van der Waals surface area (Å²) in [4.78, 5) is 12.4. The van der Waals surface area contributed by atoms with Gasteiger partial charge in [0.15, 0.2) is 0 Å². The summed E-state index contributed by atoms with van der Waals surface area (Å²) >= 11 is 0. The maximum atomic E-state index is 12.5. The average molecular weight is 465 g/mol. The van der Waals surface area contributed by atoms with Crippen molar-refractivity contribution < 1.29 is 35.3 Å². The zero-order valence-electron chi connectivity index (χ0n) is 16.7. The predicted molar refractivity (Wildman–Crippen MR) is 112 cm³/mol. The minimum Gasteiger partial charge on any atom is -0.441 e. The van der Waals surface area contributed by atoms with Crippen LogP contribution in [0.4, 0.5) is 23.7 Å². The Morgan fingerprint density at radius 2 is 1.50 bits per heavy atom. The van der Waals surface area contributed by atoms with Gasteiger partial charge in [0.25, 0.3) is 0 Å². The third-order valence-electron chi connectivity index (χ3n) is 4.37. The molecule has 0 spiro atoms. The van der Waals surface area contributed by atoms with Crippen LogP contribution >= 0.6 is 0 Å². The average Bonchev–Trinajstić information content (AvgIpc) is 2.74. The van der Waals surface area contributed by atoms with E-state index in [1.165, 1.54) is 12.1 Å². The van der Waals surface area contributed by atoms with Crippen molar-refractivity contribution in [3.8, 4) is 16.9 Å². The van der Waals surface area contributed by atoms with Crippen molar-refractivity contribution in [2.24, 2.45) is 0 Å². The Bertz CT molecular complexity index is 1180. The van der Waals surface area contributed by atoms with Crippen LogP contribution in [0.3, 0.4) is 0 Å².